The predicted octanol–water partition coefficient (Wildman–Crippen LogP) is 1.55. The number of nitrogens with zero attached hydrogens (tertiary/aromatic N) is 2. The SMILES string of the molecule is CCNC(=NCc1ccnc(OC)c1)NC(C)C. The first kappa shape index (κ1) is 14.3. The third-order valence-corrected chi connectivity index (χ3v) is 2.20. The maximum atomic E-state index is 5.08. The summed E-state index contributed by atoms with van der Waals surface area (Å²) in [6.07, 6.45) is 1.73. The second-order valence-electron chi connectivity index (χ2n) is 4.20. The maximum Gasteiger partial charge on any atom is 0.213 e. The molecule has 0 aromatic carbocycles. The van der Waals surface area contributed by atoms with Gasteiger partial charge in [-0.15, -0.1) is 0 Å². The van der Waals surface area contributed by atoms with Gasteiger partial charge in [0.25, 0.3) is 0 Å². The van der Waals surface area contributed by atoms with Gasteiger partial charge in [-0.3, -0.25) is 0 Å². The molecule has 1 rings (SSSR count). The molecule has 0 fully saturated rings. The molecule has 0 saturated heterocycles. The number of ether oxygens (including phenoxy) is 1. The van der Waals surface area contributed by atoms with Crippen LogP contribution in [0.1, 0.15) is 26.3 Å². The number of aromatic nitrogens is 1. The molecule has 0 amide bonds. The molecule has 0 unspecified atom stereocenters. The highest BCUT2D eigenvalue weighted by Gasteiger charge is 2.00. The summed E-state index contributed by atoms with van der Waals surface area (Å²) in [7, 11) is 1.61. The van der Waals surface area contributed by atoms with Gasteiger partial charge >= 0.3 is 0 Å². The average Bonchev–Trinajstić information content (AvgIpc) is 2.36. The molecule has 0 spiro atoms. The molecule has 0 aliphatic carbocycles. The number of nitrogens with one attached hydrogen (secondary N) is 2. The average molecular weight is 250 g/mol. The fourth-order valence-corrected chi connectivity index (χ4v) is 1.42. The fraction of sp³-hybridized carbons (Fsp3) is 0.538. The van der Waals surface area contributed by atoms with Crippen LogP contribution in [0.25, 0.3) is 0 Å². The Bertz CT molecular complexity index is 390. The molecular formula is C13H22N4O. The molecule has 5 heteroatoms. The van der Waals surface area contributed by atoms with Crippen LogP contribution in [-0.4, -0.2) is 30.6 Å². The van der Waals surface area contributed by atoms with Crippen molar-refractivity contribution in [1.29, 1.82) is 0 Å². The lowest BCUT2D eigenvalue weighted by Gasteiger charge is -2.13. The van der Waals surface area contributed by atoms with Crippen LogP contribution in [0, 0.1) is 0 Å². The highest BCUT2D eigenvalue weighted by molar-refractivity contribution is 5.79. The Morgan fingerprint density at radius 1 is 1.50 bits per heavy atom. The summed E-state index contributed by atoms with van der Waals surface area (Å²) < 4.78 is 5.08. The van der Waals surface area contributed by atoms with Gasteiger partial charge in [0.15, 0.2) is 5.96 Å². The standard InChI is InChI=1S/C13H22N4O/c1-5-14-13(17-10(2)3)16-9-11-6-7-15-12(8-11)18-4/h6-8,10H,5,9H2,1-4H3,(H2,14,16,17). The molecule has 100 valence electrons. The zero-order valence-corrected chi connectivity index (χ0v) is 11.5. The number of hydrogen-bond acceptors (Lipinski definition) is 3. The van der Waals surface area contributed by atoms with E-state index in [4.69, 9.17) is 4.74 Å². The zero-order chi connectivity index (χ0) is 13.4. The van der Waals surface area contributed by atoms with Gasteiger partial charge in [-0.25, -0.2) is 9.98 Å². The van der Waals surface area contributed by atoms with Gasteiger partial charge in [-0.05, 0) is 32.4 Å². The number of aliphatic imine (C=N–C) groups is 1. The van der Waals surface area contributed by atoms with Crippen LogP contribution >= 0.6 is 0 Å². The van der Waals surface area contributed by atoms with E-state index in [-0.39, 0.29) is 0 Å². The number of methoxy groups -OCH3 is 1. The van der Waals surface area contributed by atoms with Crippen LogP contribution in [0.2, 0.25) is 0 Å². The third-order valence-electron chi connectivity index (χ3n) is 2.20. The normalized spacial score (nSPS) is 11.5. The van der Waals surface area contributed by atoms with Crippen molar-refractivity contribution in [2.45, 2.75) is 33.4 Å². The molecule has 0 atom stereocenters. The Hall–Kier alpha value is -1.78. The Kier molecular flexibility index (Phi) is 5.97. The van der Waals surface area contributed by atoms with Crippen LogP contribution in [0.3, 0.4) is 0 Å². The monoisotopic (exact) mass is 250 g/mol. The van der Waals surface area contributed by atoms with Crippen molar-refractivity contribution >= 4 is 5.96 Å². The van der Waals surface area contributed by atoms with Crippen molar-refractivity contribution < 1.29 is 4.74 Å². The van der Waals surface area contributed by atoms with Gasteiger partial charge in [-0.2, -0.15) is 0 Å². The van der Waals surface area contributed by atoms with Crippen LogP contribution in [0.5, 0.6) is 5.88 Å². The molecule has 18 heavy (non-hydrogen) atoms. The largest absolute Gasteiger partial charge is 0.481 e. The first-order valence-electron chi connectivity index (χ1n) is 6.19. The topological polar surface area (TPSA) is 58.5 Å². The van der Waals surface area contributed by atoms with E-state index in [0.717, 1.165) is 18.1 Å². The van der Waals surface area contributed by atoms with Crippen LogP contribution in [0.4, 0.5) is 0 Å². The number of guanidine groups is 1. The van der Waals surface area contributed by atoms with Crippen LogP contribution in [0.15, 0.2) is 23.3 Å². The summed E-state index contributed by atoms with van der Waals surface area (Å²) in [4.78, 5) is 8.58. The minimum absolute atomic E-state index is 0.356. The molecule has 0 aliphatic heterocycles. The Morgan fingerprint density at radius 3 is 2.89 bits per heavy atom. The first-order chi connectivity index (χ1) is 8.65. The quantitative estimate of drug-likeness (QED) is 0.615. The molecule has 1 aromatic heterocycles. The summed E-state index contributed by atoms with van der Waals surface area (Å²) in [5, 5.41) is 6.48. The summed E-state index contributed by atoms with van der Waals surface area (Å²) >= 11 is 0. The number of hydrogen-bond donors (Lipinski definition) is 2. The molecule has 0 saturated carbocycles. The van der Waals surface area contributed by atoms with Crippen molar-refractivity contribution in [3.63, 3.8) is 0 Å². The molecule has 2 N–H and O–H groups in total. The van der Waals surface area contributed by atoms with Gasteiger partial charge in [-0.1, -0.05) is 0 Å². The van der Waals surface area contributed by atoms with Crippen LogP contribution < -0.4 is 15.4 Å². The lowest BCUT2D eigenvalue weighted by atomic mass is 10.3. The molecule has 0 aliphatic rings. The lowest BCUT2D eigenvalue weighted by Crippen LogP contribution is -2.40. The third kappa shape index (κ3) is 5.03. The van der Waals surface area contributed by atoms with E-state index >= 15 is 0 Å². The van der Waals surface area contributed by atoms with Crippen molar-refractivity contribution in [1.82, 2.24) is 15.6 Å². The van der Waals surface area contributed by atoms with E-state index in [2.05, 4.69) is 34.5 Å². The predicted molar refractivity (Wildman–Crippen MR) is 73.9 cm³/mol. The summed E-state index contributed by atoms with van der Waals surface area (Å²) in [6, 6.07) is 4.18. The Morgan fingerprint density at radius 2 is 2.28 bits per heavy atom. The molecule has 0 bridgehead atoms. The number of pyridine rings is 1. The molecule has 0 radical (unpaired) electrons. The van der Waals surface area contributed by atoms with Gasteiger partial charge in [0.2, 0.25) is 5.88 Å². The van der Waals surface area contributed by atoms with Crippen molar-refractivity contribution in [3.05, 3.63) is 23.9 Å². The van der Waals surface area contributed by atoms with E-state index in [0.29, 0.717) is 18.5 Å². The molecule has 1 heterocycles. The molecule has 5 nitrogen and oxygen atoms in total. The summed E-state index contributed by atoms with van der Waals surface area (Å²) in [6.45, 7) is 7.66. The van der Waals surface area contributed by atoms with Gasteiger partial charge in [0.05, 0.1) is 13.7 Å². The van der Waals surface area contributed by atoms with Crippen molar-refractivity contribution in [2.24, 2.45) is 4.99 Å². The smallest absolute Gasteiger partial charge is 0.213 e. The Labute approximate surface area is 109 Å². The minimum atomic E-state index is 0.356. The first-order valence-corrected chi connectivity index (χ1v) is 6.19. The zero-order valence-electron chi connectivity index (χ0n) is 11.5. The summed E-state index contributed by atoms with van der Waals surface area (Å²) in [5.41, 5.74) is 1.07. The second kappa shape index (κ2) is 7.53. The lowest BCUT2D eigenvalue weighted by molar-refractivity contribution is 0.397. The van der Waals surface area contributed by atoms with E-state index in [1.807, 2.05) is 19.1 Å². The second-order valence-corrected chi connectivity index (χ2v) is 4.20. The number of rotatable bonds is 5. The minimum Gasteiger partial charge on any atom is -0.481 e. The van der Waals surface area contributed by atoms with Gasteiger partial charge in [0.1, 0.15) is 0 Å². The van der Waals surface area contributed by atoms with Crippen molar-refractivity contribution in [3.8, 4) is 5.88 Å². The van der Waals surface area contributed by atoms with E-state index in [1.165, 1.54) is 0 Å². The van der Waals surface area contributed by atoms with E-state index < -0.39 is 0 Å². The van der Waals surface area contributed by atoms with Gasteiger partial charge < -0.3 is 15.4 Å². The maximum absolute atomic E-state index is 5.08. The van der Waals surface area contributed by atoms with E-state index in [9.17, 15) is 0 Å². The molecular weight excluding hydrogens is 228 g/mol. The highest BCUT2D eigenvalue weighted by Crippen LogP contribution is 2.09. The van der Waals surface area contributed by atoms with Crippen LogP contribution in [-0.2, 0) is 6.54 Å². The Balaban J connectivity index is 2.68. The van der Waals surface area contributed by atoms with Crippen molar-refractivity contribution in [2.75, 3.05) is 13.7 Å². The van der Waals surface area contributed by atoms with Gasteiger partial charge in [0, 0.05) is 24.8 Å². The molecule has 1 aromatic rings. The fourth-order valence-electron chi connectivity index (χ4n) is 1.42. The van der Waals surface area contributed by atoms with E-state index in [1.54, 1.807) is 13.3 Å². The summed E-state index contributed by atoms with van der Waals surface area (Å²) in [5.74, 6) is 1.44. The highest BCUT2D eigenvalue weighted by atomic mass is 16.5.